The molecule has 0 aliphatic carbocycles. The summed E-state index contributed by atoms with van der Waals surface area (Å²) in [6.07, 6.45) is -1.19. The van der Waals surface area contributed by atoms with Gasteiger partial charge in [-0.15, -0.1) is 0 Å². The van der Waals surface area contributed by atoms with Crippen LogP contribution in [-0.2, 0) is 19.6 Å². The molecule has 0 saturated carbocycles. The lowest BCUT2D eigenvalue weighted by atomic mass is 10.2. The maximum atomic E-state index is 12.2. The highest BCUT2D eigenvalue weighted by molar-refractivity contribution is 7.89. The molecule has 0 spiro atoms. The highest BCUT2D eigenvalue weighted by Crippen LogP contribution is 2.18. The Kier molecular flexibility index (Phi) is 6.67. The zero-order valence-corrected chi connectivity index (χ0v) is 16.7. The number of hydrogen-bond donors (Lipinski definition) is 1. The van der Waals surface area contributed by atoms with Crippen LogP contribution < -0.4 is 5.32 Å². The third kappa shape index (κ3) is 5.36. The minimum Gasteiger partial charge on any atom is -0.449 e. The first-order valence-corrected chi connectivity index (χ1v) is 9.75. The van der Waals surface area contributed by atoms with E-state index >= 15 is 0 Å². The number of nitrogens with zero attached hydrogens (tertiary/aromatic N) is 2. The van der Waals surface area contributed by atoms with Crippen molar-refractivity contribution in [2.45, 2.75) is 17.9 Å². The van der Waals surface area contributed by atoms with Crippen LogP contribution in [0.25, 0.3) is 0 Å². The molecule has 0 aliphatic rings. The number of anilines is 1. The summed E-state index contributed by atoms with van der Waals surface area (Å²) >= 11 is 0. The number of amides is 1. The molecule has 2 aromatic rings. The van der Waals surface area contributed by atoms with Crippen LogP contribution in [0.5, 0.6) is 0 Å². The summed E-state index contributed by atoms with van der Waals surface area (Å²) in [4.78, 5) is 34.6. The van der Waals surface area contributed by atoms with Gasteiger partial charge in [-0.2, -0.15) is 0 Å². The van der Waals surface area contributed by atoms with Gasteiger partial charge in [-0.25, -0.2) is 17.5 Å². The van der Waals surface area contributed by atoms with Crippen LogP contribution >= 0.6 is 0 Å². The van der Waals surface area contributed by atoms with Gasteiger partial charge in [-0.1, -0.05) is 6.07 Å². The fraction of sp³-hybridized carbons (Fsp3) is 0.222. The summed E-state index contributed by atoms with van der Waals surface area (Å²) in [5, 5.41) is 13.2. The number of esters is 1. The van der Waals surface area contributed by atoms with Gasteiger partial charge in [0.2, 0.25) is 10.0 Å². The Morgan fingerprint density at radius 3 is 2.31 bits per heavy atom. The summed E-state index contributed by atoms with van der Waals surface area (Å²) in [5.41, 5.74) is 0.0586. The molecule has 1 atom stereocenters. The number of carbonyl (C=O) groups is 2. The van der Waals surface area contributed by atoms with E-state index in [9.17, 15) is 28.1 Å². The number of hydrogen-bond acceptors (Lipinski definition) is 7. The van der Waals surface area contributed by atoms with Gasteiger partial charge in [0.15, 0.2) is 6.10 Å². The van der Waals surface area contributed by atoms with Crippen LogP contribution in [0.15, 0.2) is 53.4 Å². The lowest BCUT2D eigenvalue weighted by Gasteiger charge is -2.14. The lowest BCUT2D eigenvalue weighted by Crippen LogP contribution is -2.30. The highest BCUT2D eigenvalue weighted by atomic mass is 32.2. The molecule has 10 nitrogen and oxygen atoms in total. The highest BCUT2D eigenvalue weighted by Gasteiger charge is 2.21. The second-order valence-electron chi connectivity index (χ2n) is 6.16. The van der Waals surface area contributed by atoms with E-state index in [-0.39, 0.29) is 21.8 Å². The van der Waals surface area contributed by atoms with Crippen molar-refractivity contribution in [2.24, 2.45) is 0 Å². The second-order valence-corrected chi connectivity index (χ2v) is 8.31. The Morgan fingerprint density at radius 1 is 1.14 bits per heavy atom. The predicted octanol–water partition coefficient (Wildman–Crippen LogP) is 2.03. The van der Waals surface area contributed by atoms with E-state index in [4.69, 9.17) is 4.74 Å². The summed E-state index contributed by atoms with van der Waals surface area (Å²) in [6, 6.07) is 10.4. The Bertz CT molecular complexity index is 1030. The Labute approximate surface area is 167 Å². The van der Waals surface area contributed by atoms with E-state index in [1.807, 2.05) is 0 Å². The van der Waals surface area contributed by atoms with Gasteiger partial charge in [0, 0.05) is 31.9 Å². The molecular weight excluding hydrogens is 402 g/mol. The van der Waals surface area contributed by atoms with Crippen LogP contribution in [0.4, 0.5) is 11.4 Å². The third-order valence-corrected chi connectivity index (χ3v) is 5.68. The number of nitro groups is 1. The number of benzene rings is 2. The first-order chi connectivity index (χ1) is 13.5. The zero-order valence-electron chi connectivity index (χ0n) is 15.9. The molecule has 0 saturated heterocycles. The quantitative estimate of drug-likeness (QED) is 0.410. The largest absolute Gasteiger partial charge is 0.449 e. The monoisotopic (exact) mass is 421 g/mol. The number of nitro benzene ring substituents is 1. The van der Waals surface area contributed by atoms with Gasteiger partial charge in [0.1, 0.15) is 0 Å². The summed E-state index contributed by atoms with van der Waals surface area (Å²) in [6.45, 7) is 1.34. The van der Waals surface area contributed by atoms with E-state index in [2.05, 4.69) is 5.32 Å². The number of carbonyl (C=O) groups excluding carboxylic acids is 2. The number of sulfonamides is 1. The van der Waals surface area contributed by atoms with Gasteiger partial charge in [-0.3, -0.25) is 14.9 Å². The van der Waals surface area contributed by atoms with E-state index in [0.29, 0.717) is 0 Å². The van der Waals surface area contributed by atoms with Crippen molar-refractivity contribution in [2.75, 3.05) is 19.4 Å². The topological polar surface area (TPSA) is 136 Å². The molecule has 1 amide bonds. The van der Waals surface area contributed by atoms with Crippen molar-refractivity contribution in [1.29, 1.82) is 0 Å². The minimum absolute atomic E-state index is 0.00973. The molecule has 1 N–H and O–H groups in total. The van der Waals surface area contributed by atoms with Crippen molar-refractivity contribution in [3.63, 3.8) is 0 Å². The van der Waals surface area contributed by atoms with Crippen LogP contribution in [0, 0.1) is 10.1 Å². The fourth-order valence-electron chi connectivity index (χ4n) is 2.20. The SMILES string of the molecule is CC(OC(=O)c1ccc(S(=O)(=O)N(C)C)cc1)C(=O)Nc1cccc([N+](=O)[O-])c1. The predicted molar refractivity (Wildman–Crippen MR) is 104 cm³/mol. The van der Waals surface area contributed by atoms with Gasteiger partial charge in [0.05, 0.1) is 15.4 Å². The molecule has 11 heteroatoms. The van der Waals surface area contributed by atoms with Gasteiger partial charge in [-0.05, 0) is 37.3 Å². The number of nitrogens with one attached hydrogen (secondary N) is 1. The Morgan fingerprint density at radius 2 is 1.76 bits per heavy atom. The summed E-state index contributed by atoms with van der Waals surface area (Å²) < 4.78 is 30.2. The second kappa shape index (κ2) is 8.80. The molecule has 29 heavy (non-hydrogen) atoms. The molecule has 0 bridgehead atoms. The molecule has 0 aliphatic heterocycles. The fourth-order valence-corrected chi connectivity index (χ4v) is 3.10. The molecule has 2 aromatic carbocycles. The summed E-state index contributed by atoms with van der Waals surface area (Å²) in [7, 11) is -0.855. The molecule has 0 aromatic heterocycles. The van der Waals surface area contributed by atoms with Gasteiger partial charge < -0.3 is 10.1 Å². The first-order valence-electron chi connectivity index (χ1n) is 8.31. The average molecular weight is 421 g/mol. The van der Waals surface area contributed by atoms with E-state index in [1.165, 1.54) is 69.6 Å². The zero-order chi connectivity index (χ0) is 21.8. The van der Waals surface area contributed by atoms with Crippen LogP contribution in [-0.4, -0.2) is 49.7 Å². The normalized spacial score (nSPS) is 12.3. The number of non-ortho nitro benzene ring substituents is 1. The van der Waals surface area contributed by atoms with Gasteiger partial charge >= 0.3 is 5.97 Å². The minimum atomic E-state index is -3.63. The first kappa shape index (κ1) is 22.0. The maximum absolute atomic E-state index is 12.2. The molecule has 1 unspecified atom stereocenters. The maximum Gasteiger partial charge on any atom is 0.338 e. The molecule has 154 valence electrons. The standard InChI is InChI=1S/C18H19N3O7S/c1-12(17(22)19-14-5-4-6-15(11-14)21(24)25)28-18(23)13-7-9-16(10-8-13)29(26,27)20(2)3/h4-12H,1-3H3,(H,19,22). The van der Waals surface area contributed by atoms with Crippen molar-refractivity contribution in [3.05, 3.63) is 64.2 Å². The summed E-state index contributed by atoms with van der Waals surface area (Å²) in [5.74, 6) is -1.49. The molecule has 2 rings (SSSR count). The molecule has 0 radical (unpaired) electrons. The Balaban J connectivity index is 2.04. The van der Waals surface area contributed by atoms with Crippen molar-refractivity contribution in [1.82, 2.24) is 4.31 Å². The third-order valence-electron chi connectivity index (χ3n) is 3.85. The number of ether oxygens (including phenoxy) is 1. The smallest absolute Gasteiger partial charge is 0.338 e. The lowest BCUT2D eigenvalue weighted by molar-refractivity contribution is -0.384. The van der Waals surface area contributed by atoms with Crippen LogP contribution in [0.1, 0.15) is 17.3 Å². The van der Waals surface area contributed by atoms with Crippen molar-refractivity contribution >= 4 is 33.3 Å². The average Bonchev–Trinajstić information content (AvgIpc) is 2.67. The number of rotatable bonds is 7. The molecule has 0 fully saturated rings. The van der Waals surface area contributed by atoms with Crippen LogP contribution in [0.3, 0.4) is 0 Å². The van der Waals surface area contributed by atoms with Crippen LogP contribution in [0.2, 0.25) is 0 Å². The van der Waals surface area contributed by atoms with E-state index in [0.717, 1.165) is 4.31 Å². The van der Waals surface area contributed by atoms with E-state index < -0.39 is 32.9 Å². The van der Waals surface area contributed by atoms with Gasteiger partial charge in [0.25, 0.3) is 11.6 Å². The Hall–Kier alpha value is -3.31. The van der Waals surface area contributed by atoms with Crippen molar-refractivity contribution < 1.29 is 27.7 Å². The molecular formula is C18H19N3O7S. The van der Waals surface area contributed by atoms with Crippen molar-refractivity contribution in [3.8, 4) is 0 Å². The van der Waals surface area contributed by atoms with E-state index in [1.54, 1.807) is 0 Å². The molecule has 0 heterocycles.